The van der Waals surface area contributed by atoms with Gasteiger partial charge in [-0.2, -0.15) is 5.10 Å². The molecule has 1 amide bonds. The van der Waals surface area contributed by atoms with Crippen LogP contribution in [0.15, 0.2) is 17.8 Å². The smallest absolute Gasteiger partial charge is 0.303 e. The fraction of sp³-hybridized carbons (Fsp3) is 0.579. The summed E-state index contributed by atoms with van der Waals surface area (Å²) in [5.41, 5.74) is 1.26. The van der Waals surface area contributed by atoms with Crippen LogP contribution in [0.4, 0.5) is 0 Å². The quantitative estimate of drug-likeness (QED) is 0.719. The van der Waals surface area contributed by atoms with Crippen LogP contribution >= 0.6 is 11.3 Å². The Labute approximate surface area is 162 Å². The molecule has 2 heterocycles. The van der Waals surface area contributed by atoms with Crippen molar-refractivity contribution in [3.63, 3.8) is 0 Å². The summed E-state index contributed by atoms with van der Waals surface area (Å²) < 4.78 is 1.70. The molecule has 1 saturated carbocycles. The molecule has 2 N–H and O–H groups in total. The van der Waals surface area contributed by atoms with E-state index in [1.165, 1.54) is 43.4 Å². The van der Waals surface area contributed by atoms with Gasteiger partial charge in [0.15, 0.2) is 0 Å². The fourth-order valence-electron chi connectivity index (χ4n) is 3.67. The van der Waals surface area contributed by atoms with Crippen LogP contribution in [0, 0.1) is 5.92 Å². The molecule has 0 spiro atoms. The van der Waals surface area contributed by atoms with E-state index in [0.717, 1.165) is 17.0 Å². The molecule has 0 saturated heterocycles. The Bertz CT molecular complexity index is 780. The van der Waals surface area contributed by atoms with Crippen molar-refractivity contribution in [2.75, 3.05) is 0 Å². The van der Waals surface area contributed by atoms with Gasteiger partial charge in [0.25, 0.3) is 5.91 Å². The number of amides is 1. The van der Waals surface area contributed by atoms with E-state index in [2.05, 4.69) is 15.4 Å². The SMILES string of the molecule is Cn1cc(-c2nc(C(=O)NC(CCC(=O)O)CC3CCCCC3)cs2)cn1. The number of aryl methyl sites for hydroxylation is 1. The van der Waals surface area contributed by atoms with Crippen LogP contribution in [0.1, 0.15) is 61.9 Å². The van der Waals surface area contributed by atoms with Crippen molar-refractivity contribution in [1.29, 1.82) is 0 Å². The highest BCUT2D eigenvalue weighted by molar-refractivity contribution is 7.13. The number of thiazole rings is 1. The van der Waals surface area contributed by atoms with Gasteiger partial charge >= 0.3 is 5.97 Å². The van der Waals surface area contributed by atoms with Gasteiger partial charge < -0.3 is 10.4 Å². The van der Waals surface area contributed by atoms with E-state index in [9.17, 15) is 9.59 Å². The van der Waals surface area contributed by atoms with E-state index in [-0.39, 0.29) is 18.4 Å². The highest BCUT2D eigenvalue weighted by Gasteiger charge is 2.22. The molecule has 8 heteroatoms. The van der Waals surface area contributed by atoms with Crippen LogP contribution in [-0.4, -0.2) is 37.8 Å². The number of hydrogen-bond donors (Lipinski definition) is 2. The number of aliphatic carboxylic acids is 1. The third-order valence-corrected chi connectivity index (χ3v) is 5.96. The first kappa shape index (κ1) is 19.5. The second-order valence-electron chi connectivity index (χ2n) is 7.28. The Morgan fingerprint density at radius 2 is 2.15 bits per heavy atom. The molecule has 0 radical (unpaired) electrons. The fourth-order valence-corrected chi connectivity index (χ4v) is 4.45. The van der Waals surface area contributed by atoms with E-state index in [1.54, 1.807) is 16.3 Å². The summed E-state index contributed by atoms with van der Waals surface area (Å²) in [5, 5.41) is 18.7. The molecule has 3 rings (SSSR count). The van der Waals surface area contributed by atoms with Crippen molar-refractivity contribution in [1.82, 2.24) is 20.1 Å². The maximum absolute atomic E-state index is 12.7. The van der Waals surface area contributed by atoms with Gasteiger partial charge in [0.1, 0.15) is 10.7 Å². The predicted octanol–water partition coefficient (Wildman–Crippen LogP) is 3.48. The van der Waals surface area contributed by atoms with Gasteiger partial charge in [0, 0.05) is 36.7 Å². The molecule has 1 aliphatic carbocycles. The first-order chi connectivity index (χ1) is 13.0. The van der Waals surface area contributed by atoms with E-state index in [0.29, 0.717) is 18.0 Å². The number of carboxylic acid groups (broad SMARTS) is 1. The number of carbonyl (C=O) groups is 2. The minimum atomic E-state index is -0.828. The van der Waals surface area contributed by atoms with Gasteiger partial charge in [-0.25, -0.2) is 4.98 Å². The monoisotopic (exact) mass is 390 g/mol. The summed E-state index contributed by atoms with van der Waals surface area (Å²) in [6, 6.07) is -0.125. The zero-order valence-electron chi connectivity index (χ0n) is 15.6. The van der Waals surface area contributed by atoms with Gasteiger partial charge in [0.05, 0.1) is 6.20 Å². The number of rotatable bonds is 8. The molecule has 0 aliphatic heterocycles. The van der Waals surface area contributed by atoms with E-state index in [1.807, 2.05) is 13.2 Å². The third-order valence-electron chi connectivity index (χ3n) is 5.07. The average molecular weight is 391 g/mol. The Kier molecular flexibility index (Phi) is 6.60. The summed E-state index contributed by atoms with van der Waals surface area (Å²) in [4.78, 5) is 28.1. The minimum absolute atomic E-state index is 0.0651. The van der Waals surface area contributed by atoms with Gasteiger partial charge in [-0.15, -0.1) is 11.3 Å². The van der Waals surface area contributed by atoms with Crippen molar-refractivity contribution >= 4 is 23.2 Å². The van der Waals surface area contributed by atoms with E-state index in [4.69, 9.17) is 5.11 Å². The Balaban J connectivity index is 1.63. The molecule has 27 heavy (non-hydrogen) atoms. The number of hydrogen-bond acceptors (Lipinski definition) is 5. The molecular formula is C19H26N4O3S. The molecule has 7 nitrogen and oxygen atoms in total. The van der Waals surface area contributed by atoms with Crippen molar-refractivity contribution in [3.05, 3.63) is 23.5 Å². The molecule has 2 aromatic rings. The van der Waals surface area contributed by atoms with Crippen LogP contribution in [0.25, 0.3) is 10.6 Å². The second kappa shape index (κ2) is 9.12. The maximum Gasteiger partial charge on any atom is 0.303 e. The third kappa shape index (κ3) is 5.63. The molecule has 2 aromatic heterocycles. The Morgan fingerprint density at radius 3 is 2.81 bits per heavy atom. The van der Waals surface area contributed by atoms with E-state index >= 15 is 0 Å². The van der Waals surface area contributed by atoms with Crippen LogP contribution in [0.3, 0.4) is 0 Å². The highest BCUT2D eigenvalue weighted by Crippen LogP contribution is 2.28. The standard InChI is InChI=1S/C19H26N4O3S/c1-23-11-14(10-20-23)19-22-16(12-27-19)18(26)21-15(7-8-17(24)25)9-13-5-3-2-4-6-13/h10-13,15H,2-9H2,1H3,(H,21,26)(H,24,25). The van der Waals surface area contributed by atoms with Crippen molar-refractivity contribution in [2.24, 2.45) is 13.0 Å². The first-order valence-corrected chi connectivity index (χ1v) is 10.4. The Hall–Kier alpha value is -2.22. The van der Waals surface area contributed by atoms with Gasteiger partial charge in [-0.1, -0.05) is 32.1 Å². The first-order valence-electron chi connectivity index (χ1n) is 9.48. The summed E-state index contributed by atoms with van der Waals surface area (Å²) >= 11 is 1.41. The van der Waals surface area contributed by atoms with Gasteiger partial charge in [-0.05, 0) is 18.8 Å². The molecule has 0 aromatic carbocycles. The van der Waals surface area contributed by atoms with E-state index < -0.39 is 5.97 Å². The molecule has 0 bridgehead atoms. The second-order valence-corrected chi connectivity index (χ2v) is 8.14. The largest absolute Gasteiger partial charge is 0.481 e. The average Bonchev–Trinajstić information content (AvgIpc) is 3.29. The summed E-state index contributed by atoms with van der Waals surface area (Å²) in [6.07, 6.45) is 11.0. The van der Waals surface area contributed by atoms with Crippen LogP contribution in [0.2, 0.25) is 0 Å². The van der Waals surface area contributed by atoms with Crippen LogP contribution in [-0.2, 0) is 11.8 Å². The minimum Gasteiger partial charge on any atom is -0.481 e. The number of nitrogens with one attached hydrogen (secondary N) is 1. The Morgan fingerprint density at radius 1 is 1.37 bits per heavy atom. The van der Waals surface area contributed by atoms with Gasteiger partial charge in [0.2, 0.25) is 0 Å². The molecule has 1 aliphatic rings. The summed E-state index contributed by atoms with van der Waals surface area (Å²) in [7, 11) is 1.84. The van der Waals surface area contributed by atoms with Crippen molar-refractivity contribution < 1.29 is 14.7 Å². The lowest BCUT2D eigenvalue weighted by atomic mass is 9.84. The molecule has 1 unspecified atom stereocenters. The highest BCUT2D eigenvalue weighted by atomic mass is 32.1. The maximum atomic E-state index is 12.7. The topological polar surface area (TPSA) is 97.1 Å². The number of carbonyl (C=O) groups excluding carboxylic acids is 1. The predicted molar refractivity (Wildman–Crippen MR) is 104 cm³/mol. The zero-order chi connectivity index (χ0) is 19.2. The number of nitrogens with zero attached hydrogens (tertiary/aromatic N) is 3. The van der Waals surface area contributed by atoms with Crippen LogP contribution < -0.4 is 5.32 Å². The number of carboxylic acids is 1. The molecule has 1 atom stereocenters. The van der Waals surface area contributed by atoms with Crippen molar-refractivity contribution in [3.8, 4) is 10.6 Å². The summed E-state index contributed by atoms with van der Waals surface area (Å²) in [6.45, 7) is 0. The number of aromatic nitrogens is 3. The molecular weight excluding hydrogens is 364 g/mol. The molecule has 146 valence electrons. The lowest BCUT2D eigenvalue weighted by Crippen LogP contribution is -2.37. The zero-order valence-corrected chi connectivity index (χ0v) is 16.4. The summed E-state index contributed by atoms with van der Waals surface area (Å²) in [5.74, 6) is -0.489. The van der Waals surface area contributed by atoms with Crippen molar-refractivity contribution in [2.45, 2.75) is 57.4 Å². The molecule has 1 fully saturated rings. The van der Waals surface area contributed by atoms with Gasteiger partial charge in [-0.3, -0.25) is 14.3 Å². The lowest BCUT2D eigenvalue weighted by molar-refractivity contribution is -0.137. The normalized spacial score (nSPS) is 16.2. The lowest BCUT2D eigenvalue weighted by Gasteiger charge is -2.26. The van der Waals surface area contributed by atoms with Crippen LogP contribution in [0.5, 0.6) is 0 Å².